The summed E-state index contributed by atoms with van der Waals surface area (Å²) in [5, 5.41) is 3.83. The number of hydrogen-bond donors (Lipinski definition) is 2. The lowest BCUT2D eigenvalue weighted by atomic mass is 10.1. The number of likely N-dealkylation sites (N-methyl/N-ethyl adjacent to an activating group) is 1. The van der Waals surface area contributed by atoms with Crippen LogP contribution >= 0.6 is 0 Å². The van der Waals surface area contributed by atoms with Gasteiger partial charge in [0.15, 0.2) is 0 Å². The van der Waals surface area contributed by atoms with Crippen LogP contribution in [0.4, 0.5) is 0 Å². The molecule has 3 aromatic rings. The molecule has 3 N–H and O–H groups in total. The number of nitrogens with two attached hydrogens (primary N) is 1. The van der Waals surface area contributed by atoms with Crippen molar-refractivity contribution in [2.24, 2.45) is 5.73 Å². The molecule has 1 atom stereocenters. The summed E-state index contributed by atoms with van der Waals surface area (Å²) in [5.41, 5.74) is 7.92. The topological polar surface area (TPSA) is 80.4 Å². The molecular weight excluding hydrogens is 364 g/mol. The van der Waals surface area contributed by atoms with Gasteiger partial charge in [-0.15, -0.1) is 0 Å². The lowest BCUT2D eigenvalue weighted by molar-refractivity contribution is -0.121. The van der Waals surface area contributed by atoms with E-state index in [1.54, 1.807) is 10.8 Å². The Morgan fingerprint density at radius 1 is 1.03 bits per heavy atom. The molecule has 152 valence electrons. The molecule has 1 aromatic heterocycles. The van der Waals surface area contributed by atoms with E-state index in [1.165, 1.54) is 5.56 Å². The van der Waals surface area contributed by atoms with Gasteiger partial charge in [0, 0.05) is 23.6 Å². The Hall–Kier alpha value is -3.12. The molecule has 0 bridgehead atoms. The molecule has 1 heterocycles. The second-order valence-corrected chi connectivity index (χ2v) is 7.00. The highest BCUT2D eigenvalue weighted by molar-refractivity contribution is 6.06. The maximum atomic E-state index is 12.7. The summed E-state index contributed by atoms with van der Waals surface area (Å²) in [6.07, 6.45) is 1.66. The number of fused-ring (bicyclic) bond motifs is 1. The number of primary amides is 1. The Morgan fingerprint density at radius 3 is 2.34 bits per heavy atom. The van der Waals surface area contributed by atoms with Crippen LogP contribution in [0.2, 0.25) is 0 Å². The predicted octanol–water partition coefficient (Wildman–Crippen LogP) is 2.94. The molecule has 0 saturated heterocycles. The first kappa shape index (κ1) is 20.6. The van der Waals surface area contributed by atoms with E-state index in [0.717, 1.165) is 24.0 Å². The van der Waals surface area contributed by atoms with E-state index in [4.69, 9.17) is 5.73 Å². The van der Waals surface area contributed by atoms with Gasteiger partial charge >= 0.3 is 0 Å². The zero-order chi connectivity index (χ0) is 20.8. The van der Waals surface area contributed by atoms with Crippen LogP contribution in [0.15, 0.2) is 60.8 Å². The van der Waals surface area contributed by atoms with Gasteiger partial charge in [0.1, 0.15) is 6.54 Å². The van der Waals surface area contributed by atoms with Gasteiger partial charge in [0.25, 0.3) is 5.91 Å². The van der Waals surface area contributed by atoms with E-state index >= 15 is 0 Å². The fourth-order valence-electron chi connectivity index (χ4n) is 3.79. The normalized spacial score (nSPS) is 12.2. The van der Waals surface area contributed by atoms with Crippen molar-refractivity contribution in [1.29, 1.82) is 0 Å². The molecule has 0 aliphatic rings. The van der Waals surface area contributed by atoms with Crippen LogP contribution in [0.3, 0.4) is 0 Å². The fourth-order valence-corrected chi connectivity index (χ4v) is 3.79. The molecule has 2 aromatic carbocycles. The van der Waals surface area contributed by atoms with Gasteiger partial charge in [-0.1, -0.05) is 62.4 Å². The highest BCUT2D eigenvalue weighted by atomic mass is 16.2. The minimum absolute atomic E-state index is 0.102. The fraction of sp³-hybridized carbons (Fsp3) is 0.304. The SMILES string of the molecule is CCN(CC)[C@@H](CNC(=O)Cn1cc(C(N)=O)c2ccccc21)c1ccccc1. The quantitative estimate of drug-likeness (QED) is 0.588. The number of nitrogens with one attached hydrogen (secondary N) is 1. The summed E-state index contributed by atoms with van der Waals surface area (Å²) in [4.78, 5) is 26.8. The van der Waals surface area contributed by atoms with Crippen molar-refractivity contribution >= 4 is 22.7 Å². The first-order valence-corrected chi connectivity index (χ1v) is 9.98. The van der Waals surface area contributed by atoms with E-state index in [9.17, 15) is 9.59 Å². The second kappa shape index (κ2) is 9.39. The number of hydrogen-bond acceptors (Lipinski definition) is 3. The standard InChI is InChI=1S/C23H28N4O2/c1-3-26(4-2)21(17-10-6-5-7-11-17)14-25-22(28)16-27-15-19(23(24)29)18-12-8-9-13-20(18)27/h5-13,15,21H,3-4,14,16H2,1-2H3,(H2,24,29)(H,25,28)/t21-/m0/s1. The molecule has 0 unspecified atom stereocenters. The van der Waals surface area contributed by atoms with E-state index in [-0.39, 0.29) is 18.5 Å². The molecule has 0 radical (unpaired) electrons. The Morgan fingerprint density at radius 2 is 1.69 bits per heavy atom. The van der Waals surface area contributed by atoms with Crippen LogP contribution < -0.4 is 11.1 Å². The molecule has 6 nitrogen and oxygen atoms in total. The molecule has 0 aliphatic heterocycles. The number of rotatable bonds is 9. The van der Waals surface area contributed by atoms with Crippen LogP contribution in [0, 0.1) is 0 Å². The largest absolute Gasteiger partial charge is 0.366 e. The van der Waals surface area contributed by atoms with Crippen LogP contribution in [0.1, 0.15) is 35.8 Å². The zero-order valence-electron chi connectivity index (χ0n) is 17.0. The van der Waals surface area contributed by atoms with Crippen molar-refractivity contribution in [2.45, 2.75) is 26.4 Å². The van der Waals surface area contributed by atoms with E-state index in [2.05, 4.69) is 36.2 Å². The summed E-state index contributed by atoms with van der Waals surface area (Å²) in [7, 11) is 0. The summed E-state index contributed by atoms with van der Waals surface area (Å²) in [6, 6.07) is 17.8. The average molecular weight is 393 g/mol. The first-order valence-electron chi connectivity index (χ1n) is 9.98. The highest BCUT2D eigenvalue weighted by Crippen LogP contribution is 2.22. The van der Waals surface area contributed by atoms with Crippen molar-refractivity contribution in [3.8, 4) is 0 Å². The molecule has 0 aliphatic carbocycles. The Kier molecular flexibility index (Phi) is 6.67. The van der Waals surface area contributed by atoms with Crippen LogP contribution in [0.25, 0.3) is 10.9 Å². The first-order chi connectivity index (χ1) is 14.0. The van der Waals surface area contributed by atoms with Gasteiger partial charge in [0.2, 0.25) is 5.91 Å². The third kappa shape index (κ3) is 4.66. The Bertz CT molecular complexity index is 977. The van der Waals surface area contributed by atoms with Crippen LogP contribution in [-0.2, 0) is 11.3 Å². The lowest BCUT2D eigenvalue weighted by Crippen LogP contribution is -2.39. The second-order valence-electron chi connectivity index (χ2n) is 7.00. The molecule has 6 heteroatoms. The van der Waals surface area contributed by atoms with Gasteiger partial charge in [0.05, 0.1) is 11.6 Å². The zero-order valence-corrected chi connectivity index (χ0v) is 17.0. The number of amides is 2. The molecule has 2 amide bonds. The number of aromatic nitrogens is 1. The van der Waals surface area contributed by atoms with Gasteiger partial charge in [-0.2, -0.15) is 0 Å². The third-order valence-corrected chi connectivity index (χ3v) is 5.30. The minimum Gasteiger partial charge on any atom is -0.366 e. The third-order valence-electron chi connectivity index (χ3n) is 5.30. The van der Waals surface area contributed by atoms with E-state index in [1.807, 2.05) is 42.5 Å². The number of carbonyl (C=O) groups excluding carboxylic acids is 2. The molecule has 3 rings (SSSR count). The Labute approximate surface area is 171 Å². The highest BCUT2D eigenvalue weighted by Gasteiger charge is 2.19. The van der Waals surface area contributed by atoms with Crippen LogP contribution in [-0.4, -0.2) is 40.9 Å². The van der Waals surface area contributed by atoms with Crippen molar-refractivity contribution in [1.82, 2.24) is 14.8 Å². The van der Waals surface area contributed by atoms with Crippen molar-refractivity contribution in [3.63, 3.8) is 0 Å². The van der Waals surface area contributed by atoms with Crippen molar-refractivity contribution in [3.05, 3.63) is 71.9 Å². The minimum atomic E-state index is -0.494. The monoisotopic (exact) mass is 392 g/mol. The maximum Gasteiger partial charge on any atom is 0.250 e. The summed E-state index contributed by atoms with van der Waals surface area (Å²) < 4.78 is 1.78. The van der Waals surface area contributed by atoms with Gasteiger partial charge < -0.3 is 15.6 Å². The molecule has 0 spiro atoms. The van der Waals surface area contributed by atoms with Gasteiger partial charge in [-0.3, -0.25) is 14.5 Å². The van der Waals surface area contributed by atoms with Gasteiger partial charge in [-0.25, -0.2) is 0 Å². The summed E-state index contributed by atoms with van der Waals surface area (Å²) >= 11 is 0. The average Bonchev–Trinajstić information content (AvgIpc) is 3.10. The summed E-state index contributed by atoms with van der Waals surface area (Å²) in [6.45, 7) is 6.70. The smallest absolute Gasteiger partial charge is 0.250 e. The van der Waals surface area contributed by atoms with E-state index in [0.29, 0.717) is 12.1 Å². The molecular formula is C23H28N4O2. The molecule has 29 heavy (non-hydrogen) atoms. The maximum absolute atomic E-state index is 12.7. The molecule has 0 saturated carbocycles. The lowest BCUT2D eigenvalue weighted by Gasteiger charge is -2.30. The van der Waals surface area contributed by atoms with Gasteiger partial charge in [-0.05, 0) is 24.7 Å². The van der Waals surface area contributed by atoms with Crippen molar-refractivity contribution in [2.75, 3.05) is 19.6 Å². The Balaban J connectivity index is 1.75. The van der Waals surface area contributed by atoms with E-state index < -0.39 is 5.91 Å². The number of para-hydroxylation sites is 1. The molecule has 0 fully saturated rings. The van der Waals surface area contributed by atoms with Crippen molar-refractivity contribution < 1.29 is 9.59 Å². The van der Waals surface area contributed by atoms with Crippen LogP contribution in [0.5, 0.6) is 0 Å². The summed E-state index contributed by atoms with van der Waals surface area (Å²) in [5.74, 6) is -0.596. The number of carbonyl (C=O) groups is 2. The predicted molar refractivity (Wildman–Crippen MR) is 116 cm³/mol. The number of nitrogens with zero attached hydrogens (tertiary/aromatic N) is 2. The number of benzene rings is 2.